The Labute approximate surface area is 424 Å². The fourth-order valence-corrected chi connectivity index (χ4v) is 9.17. The zero-order valence-corrected chi connectivity index (χ0v) is 44.0. The lowest BCUT2D eigenvalue weighted by Crippen LogP contribution is -2.52. The summed E-state index contributed by atoms with van der Waals surface area (Å²) in [4.78, 5) is 112. The van der Waals surface area contributed by atoms with Gasteiger partial charge in [0.1, 0.15) is 12.1 Å². The van der Waals surface area contributed by atoms with E-state index in [1.165, 1.54) is 50.0 Å². The molecule has 0 aliphatic carbocycles. The van der Waals surface area contributed by atoms with Crippen molar-refractivity contribution >= 4 is 61.6 Å². The summed E-state index contributed by atoms with van der Waals surface area (Å²) >= 11 is 3.99. The Bertz CT molecular complexity index is 1810. The van der Waals surface area contributed by atoms with Crippen molar-refractivity contribution in [3.63, 3.8) is 0 Å². The number of aliphatic hydroxyl groups excluding tert-OH is 1. The van der Waals surface area contributed by atoms with Crippen LogP contribution >= 0.6 is 20.5 Å². The second-order valence-electron chi connectivity index (χ2n) is 18.5. The van der Waals surface area contributed by atoms with Gasteiger partial charge in [-0.1, -0.05) is 72.1 Å². The van der Waals surface area contributed by atoms with Crippen molar-refractivity contribution in [3.05, 3.63) is 18.2 Å². The van der Waals surface area contributed by atoms with Crippen LogP contribution < -0.4 is 27.4 Å². The highest BCUT2D eigenvalue weighted by atomic mass is 32.1. The van der Waals surface area contributed by atoms with Crippen LogP contribution in [0, 0.1) is 17.8 Å². The fraction of sp³-hybridized carbons (Fsp3) is 0.787. The molecular weight excluding hydrogens is 964 g/mol. The van der Waals surface area contributed by atoms with Gasteiger partial charge in [0.05, 0.1) is 82.4 Å². The van der Waals surface area contributed by atoms with Crippen molar-refractivity contribution in [1.82, 2.24) is 30.8 Å². The molecule has 1 aromatic rings. The molecule has 0 saturated carbocycles. The number of Topliss-reactive ketones (excluding diaryl/α,β-unsaturated/α-hetero) is 2. The average molecular weight is 1050 g/mol. The van der Waals surface area contributed by atoms with E-state index in [1.807, 2.05) is 13.8 Å². The number of ketones is 2. The van der Waals surface area contributed by atoms with Crippen LogP contribution in [0.2, 0.25) is 0 Å². The normalized spacial score (nSPS) is 17.1. The van der Waals surface area contributed by atoms with Crippen molar-refractivity contribution in [2.24, 2.45) is 29.2 Å². The molecule has 8 atom stereocenters. The highest BCUT2D eigenvalue weighted by molar-refractivity contribution is 7.80. The van der Waals surface area contributed by atoms with Gasteiger partial charge in [0, 0.05) is 50.0 Å². The summed E-state index contributed by atoms with van der Waals surface area (Å²) in [6, 6.07) is -4.15. The van der Waals surface area contributed by atoms with E-state index in [0.29, 0.717) is 31.5 Å². The summed E-state index contributed by atoms with van der Waals surface area (Å²) in [7, 11) is -4.66. The number of amides is 5. The van der Waals surface area contributed by atoms with Crippen LogP contribution in [0.5, 0.6) is 0 Å². The van der Waals surface area contributed by atoms with E-state index in [0.717, 1.165) is 25.7 Å². The third-order valence-electron chi connectivity index (χ3n) is 12.1. The first-order chi connectivity index (χ1) is 33.8. The number of thiol groups is 1. The Hall–Kier alpha value is -3.80. The quantitative estimate of drug-likeness (QED) is 0.0258. The van der Waals surface area contributed by atoms with Crippen LogP contribution in [0.15, 0.2) is 12.5 Å². The molecule has 1 aliphatic rings. The monoisotopic (exact) mass is 1050 g/mol. The number of likely N-dealkylation sites (tertiary alicyclic amines) is 1. The van der Waals surface area contributed by atoms with Crippen molar-refractivity contribution in [1.29, 1.82) is 0 Å². The Morgan fingerprint density at radius 2 is 1.55 bits per heavy atom. The number of carbonyl (C=O) groups is 7. The van der Waals surface area contributed by atoms with Crippen LogP contribution in [0.3, 0.4) is 0 Å². The summed E-state index contributed by atoms with van der Waals surface area (Å²) in [6.45, 7) is 7.59. The zero-order valence-electron chi connectivity index (χ0n) is 42.2. The molecule has 406 valence electrons. The highest BCUT2D eigenvalue weighted by Gasteiger charge is 2.38. The van der Waals surface area contributed by atoms with E-state index < -0.39 is 98.7 Å². The van der Waals surface area contributed by atoms with Crippen LogP contribution in [0.1, 0.15) is 130 Å². The number of nitrogens with one attached hydrogen (secondary N) is 4. The van der Waals surface area contributed by atoms with Crippen molar-refractivity contribution < 1.29 is 66.6 Å². The number of primary amides is 1. The van der Waals surface area contributed by atoms with Gasteiger partial charge in [-0.05, 0) is 38.5 Å². The van der Waals surface area contributed by atoms with E-state index in [4.69, 9.17) is 30.0 Å². The Morgan fingerprint density at radius 3 is 2.15 bits per heavy atom. The molecule has 2 heterocycles. The fourth-order valence-electron chi connectivity index (χ4n) is 8.02. The molecule has 0 spiro atoms. The smallest absolute Gasteiger partial charge is 0.394 e. The van der Waals surface area contributed by atoms with Gasteiger partial charge in [0.2, 0.25) is 29.5 Å². The first-order valence-electron chi connectivity index (χ1n) is 25.1. The number of hydrogen-bond acceptors (Lipinski definition) is 16. The van der Waals surface area contributed by atoms with E-state index in [1.54, 1.807) is 0 Å². The number of nitrogens with two attached hydrogens (primary N) is 2. The van der Waals surface area contributed by atoms with E-state index >= 15 is 0 Å². The third kappa shape index (κ3) is 25.6. The summed E-state index contributed by atoms with van der Waals surface area (Å²) in [6.07, 6.45) is 10.8. The predicted octanol–water partition coefficient (Wildman–Crippen LogP) is 2.44. The van der Waals surface area contributed by atoms with Crippen molar-refractivity contribution in [3.8, 4) is 0 Å². The first kappa shape index (κ1) is 63.3. The minimum atomic E-state index is -4.66. The number of aromatic amines is 1. The number of rotatable bonds is 41. The highest BCUT2D eigenvalue weighted by Crippen LogP contribution is 2.46. The maximum absolute atomic E-state index is 14.1. The van der Waals surface area contributed by atoms with Gasteiger partial charge in [0.15, 0.2) is 11.6 Å². The summed E-state index contributed by atoms with van der Waals surface area (Å²) < 4.78 is 34.1. The molecule has 1 fully saturated rings. The summed E-state index contributed by atoms with van der Waals surface area (Å²) in [5, 5.41) is 18.2. The molecule has 24 heteroatoms. The molecule has 1 unspecified atom stereocenters. The molecular formula is C47H83N8O14PS. The molecule has 0 bridgehead atoms. The number of nitrogens with zero attached hydrogens (tertiary/aromatic N) is 2. The number of hydrogen-bond donors (Lipinski definition) is 9. The van der Waals surface area contributed by atoms with Gasteiger partial charge in [-0.3, -0.25) is 42.6 Å². The average Bonchev–Trinajstić information content (AvgIpc) is 4.04. The molecule has 0 aromatic carbocycles. The van der Waals surface area contributed by atoms with Crippen molar-refractivity contribution in [2.45, 2.75) is 161 Å². The van der Waals surface area contributed by atoms with Gasteiger partial charge in [-0.25, -0.2) is 9.55 Å². The van der Waals surface area contributed by atoms with E-state index in [-0.39, 0.29) is 82.3 Å². The minimum absolute atomic E-state index is 0.00665. The van der Waals surface area contributed by atoms with Gasteiger partial charge in [-0.2, -0.15) is 12.6 Å². The number of phosphoric acid groups is 1. The van der Waals surface area contributed by atoms with Crippen molar-refractivity contribution in [2.75, 3.05) is 58.5 Å². The molecule has 1 aliphatic heterocycles. The first-order valence-corrected chi connectivity index (χ1v) is 27.2. The number of imidazole rings is 1. The maximum Gasteiger partial charge on any atom is 0.472 e. The minimum Gasteiger partial charge on any atom is -0.394 e. The van der Waals surface area contributed by atoms with E-state index in [9.17, 15) is 48.1 Å². The lowest BCUT2D eigenvalue weighted by Gasteiger charge is -2.28. The van der Waals surface area contributed by atoms with Crippen LogP contribution in [-0.2, 0) is 63.1 Å². The standard InChI is InChI=1S/C47H83N8O14PS/c1-5-6-7-8-9-10-11-12-13-19-68-70(64,65)69-33(4)36(44(49)60)27-42(58)39(29-56)54-45(61)34(25-35-28-50-31-52-35)26-41(57)38(24-32(2)3)53-47(63)40-15-14-18-55(40)43(59)16-20-66-22-23-67-21-17-51-46(62)37(48)30-71/h28,31-34,36-40,56,71H,5-27,29-30,48H2,1-4H3,(H2,49,60)(H,50,52)(H,51,62)(H,53,63)(H,54,61)(H,64,65)/t33-,34-,36+,37+,38+,39+,40+/m1/s1. The number of aromatic nitrogens is 2. The largest absolute Gasteiger partial charge is 0.472 e. The van der Waals surface area contributed by atoms with Gasteiger partial charge in [0.25, 0.3) is 0 Å². The van der Waals surface area contributed by atoms with Gasteiger partial charge in [-0.15, -0.1) is 0 Å². The lowest BCUT2D eigenvalue weighted by molar-refractivity contribution is -0.140. The number of phosphoric ester groups is 1. The van der Waals surface area contributed by atoms with Crippen LogP contribution in [0.25, 0.3) is 0 Å². The zero-order chi connectivity index (χ0) is 52.8. The Morgan fingerprint density at radius 1 is 0.901 bits per heavy atom. The predicted molar refractivity (Wildman–Crippen MR) is 267 cm³/mol. The summed E-state index contributed by atoms with van der Waals surface area (Å²) in [5.74, 6) is -6.71. The molecule has 1 aromatic heterocycles. The third-order valence-corrected chi connectivity index (χ3v) is 13.6. The molecule has 0 radical (unpaired) electrons. The van der Waals surface area contributed by atoms with Gasteiger partial charge < -0.3 is 56.8 Å². The topological polar surface area (TPSA) is 334 Å². The van der Waals surface area contributed by atoms with Crippen LogP contribution in [-0.4, -0.2) is 155 Å². The SMILES string of the molecule is CCCCCCCCCCCOP(=O)(O)O[C@H](C)[C@H](CC(=O)[C@H](CO)NC(=O)[C@@H](CC(=O)[C@H](CC(C)C)NC(=O)[C@@H]1CCCN1C(=O)CCOCCOCCNC(=O)[C@@H](N)CS)Cc1cnc[nH]1)C(N)=O. The number of unbranched alkanes of at least 4 members (excludes halogenated alkanes) is 8. The molecule has 10 N–H and O–H groups in total. The second-order valence-corrected chi connectivity index (χ2v) is 20.3. The number of aliphatic hydroxyl groups is 1. The molecule has 22 nitrogen and oxygen atoms in total. The maximum atomic E-state index is 14.1. The molecule has 2 rings (SSSR count). The van der Waals surface area contributed by atoms with E-state index in [2.05, 4.69) is 45.5 Å². The van der Waals surface area contributed by atoms with Crippen LogP contribution in [0.4, 0.5) is 0 Å². The summed E-state index contributed by atoms with van der Waals surface area (Å²) in [5.41, 5.74) is 11.7. The number of carbonyl (C=O) groups excluding carboxylic acids is 7. The lowest BCUT2D eigenvalue weighted by atomic mass is 9.89. The number of H-pyrrole nitrogens is 1. The number of ether oxygens (including phenoxy) is 2. The van der Waals surface area contributed by atoms with Gasteiger partial charge >= 0.3 is 7.82 Å². The molecule has 5 amide bonds. The Kier molecular flexibility index (Phi) is 31.5. The molecule has 71 heavy (non-hydrogen) atoms. The second kappa shape index (κ2) is 35.4. The molecule has 1 saturated heterocycles. The Balaban J connectivity index is 2.01.